The maximum atomic E-state index is 12.4. The fourth-order valence-electron chi connectivity index (χ4n) is 5.13. The smallest absolute Gasteiger partial charge is 0.243 e. The number of anilines is 1. The highest BCUT2D eigenvalue weighted by Gasteiger charge is 2.39. The number of carbonyl (C=O) groups is 2. The van der Waals surface area contributed by atoms with Crippen LogP contribution in [0.2, 0.25) is 10.0 Å². The van der Waals surface area contributed by atoms with Gasteiger partial charge in [0.05, 0.1) is 27.1 Å². The molecule has 9 heteroatoms. The molecule has 2 unspecified atom stereocenters. The van der Waals surface area contributed by atoms with Crippen LogP contribution in [0, 0.1) is 0 Å². The van der Waals surface area contributed by atoms with Gasteiger partial charge in [0.1, 0.15) is 0 Å². The lowest BCUT2D eigenvalue weighted by atomic mass is 10.0. The first-order chi connectivity index (χ1) is 15.9. The molecule has 0 spiro atoms. The Kier molecular flexibility index (Phi) is 6.60. The molecule has 0 saturated carbocycles. The van der Waals surface area contributed by atoms with E-state index in [1.165, 1.54) is 11.1 Å². The highest BCUT2D eigenvalue weighted by atomic mass is 35.5. The summed E-state index contributed by atoms with van der Waals surface area (Å²) in [7, 11) is 0. The fourth-order valence-corrected chi connectivity index (χ4v) is 6.25. The van der Waals surface area contributed by atoms with Crippen LogP contribution in [-0.2, 0) is 22.7 Å². The number of carbonyl (C=O) groups excluding carboxylic acids is 2. The molecule has 6 nitrogen and oxygen atoms in total. The van der Waals surface area contributed by atoms with E-state index in [1.54, 1.807) is 0 Å². The lowest BCUT2D eigenvalue weighted by molar-refractivity contribution is -0.137. The number of piperazine rings is 1. The van der Waals surface area contributed by atoms with E-state index in [2.05, 4.69) is 38.2 Å². The Morgan fingerprint density at radius 1 is 1.00 bits per heavy atom. The van der Waals surface area contributed by atoms with Crippen molar-refractivity contribution in [2.24, 2.45) is 0 Å². The zero-order chi connectivity index (χ0) is 23.1. The van der Waals surface area contributed by atoms with Crippen molar-refractivity contribution in [2.75, 3.05) is 31.1 Å². The van der Waals surface area contributed by atoms with Gasteiger partial charge in [-0.3, -0.25) is 24.7 Å². The van der Waals surface area contributed by atoms with Crippen molar-refractivity contribution in [2.45, 2.75) is 37.3 Å². The average molecular weight is 505 g/mol. The zero-order valence-electron chi connectivity index (χ0n) is 18.1. The van der Waals surface area contributed by atoms with Gasteiger partial charge in [-0.15, -0.1) is 0 Å². The number of hydrogen-bond acceptors (Lipinski definition) is 6. The Bertz CT molecular complexity index is 1070. The van der Waals surface area contributed by atoms with Gasteiger partial charge in [-0.2, -0.15) is 12.6 Å². The van der Waals surface area contributed by atoms with Crippen molar-refractivity contribution in [1.29, 1.82) is 0 Å². The number of imide groups is 1. The summed E-state index contributed by atoms with van der Waals surface area (Å²) in [6.45, 7) is 5.04. The van der Waals surface area contributed by atoms with E-state index in [0.29, 0.717) is 29.4 Å². The lowest BCUT2D eigenvalue weighted by Crippen LogP contribution is -2.51. The molecule has 0 bridgehead atoms. The van der Waals surface area contributed by atoms with E-state index in [-0.39, 0.29) is 23.2 Å². The minimum atomic E-state index is -0.325. The number of amides is 2. The number of halogens is 2. The molecule has 3 aliphatic heterocycles. The van der Waals surface area contributed by atoms with Crippen molar-refractivity contribution < 1.29 is 9.59 Å². The molecule has 3 aliphatic rings. The van der Waals surface area contributed by atoms with E-state index < -0.39 is 0 Å². The first-order valence-electron chi connectivity index (χ1n) is 11.2. The Balaban J connectivity index is 1.27. The zero-order valence-corrected chi connectivity index (χ0v) is 20.5. The average Bonchev–Trinajstić information content (AvgIpc) is 3.12. The van der Waals surface area contributed by atoms with Crippen LogP contribution in [0.4, 0.5) is 5.69 Å². The topological polar surface area (TPSA) is 55.9 Å². The summed E-state index contributed by atoms with van der Waals surface area (Å²) in [5.41, 5.74) is 4.59. The number of nitrogens with zero attached hydrogens (tertiary/aromatic N) is 3. The summed E-state index contributed by atoms with van der Waals surface area (Å²) in [6, 6.07) is 11.6. The summed E-state index contributed by atoms with van der Waals surface area (Å²) >= 11 is 17.6. The first kappa shape index (κ1) is 23.0. The molecule has 2 aromatic carbocycles. The first-order valence-corrected chi connectivity index (χ1v) is 12.5. The van der Waals surface area contributed by atoms with Gasteiger partial charge in [0.25, 0.3) is 0 Å². The predicted molar refractivity (Wildman–Crippen MR) is 134 cm³/mol. The normalized spacial score (nSPS) is 24.2. The van der Waals surface area contributed by atoms with Gasteiger partial charge in [0.2, 0.25) is 11.8 Å². The second kappa shape index (κ2) is 9.47. The molecule has 0 aromatic heterocycles. The van der Waals surface area contributed by atoms with Crippen molar-refractivity contribution >= 4 is 53.3 Å². The fraction of sp³-hybridized carbons (Fsp3) is 0.417. The van der Waals surface area contributed by atoms with Gasteiger partial charge in [0, 0.05) is 45.7 Å². The second-order valence-electron chi connectivity index (χ2n) is 8.83. The number of benzene rings is 2. The van der Waals surface area contributed by atoms with Crippen LogP contribution in [-0.4, -0.2) is 53.8 Å². The van der Waals surface area contributed by atoms with Gasteiger partial charge >= 0.3 is 0 Å². The van der Waals surface area contributed by atoms with Gasteiger partial charge in [0.15, 0.2) is 0 Å². The van der Waals surface area contributed by atoms with Crippen molar-refractivity contribution in [3.63, 3.8) is 0 Å². The molecule has 3 heterocycles. The van der Waals surface area contributed by atoms with Gasteiger partial charge in [-0.25, -0.2) is 0 Å². The van der Waals surface area contributed by atoms with E-state index in [0.717, 1.165) is 44.0 Å². The van der Waals surface area contributed by atoms with Crippen LogP contribution < -0.4 is 10.2 Å². The molecule has 5 rings (SSSR count). The molecule has 0 aliphatic carbocycles. The third-order valence-electron chi connectivity index (χ3n) is 6.87. The van der Waals surface area contributed by atoms with Crippen LogP contribution in [0.15, 0.2) is 36.4 Å². The number of piperidine rings is 1. The maximum Gasteiger partial charge on any atom is 0.243 e. The molecular weight excluding hydrogens is 479 g/mol. The number of thiol groups is 1. The highest BCUT2D eigenvalue weighted by molar-refractivity contribution is 7.80. The van der Waals surface area contributed by atoms with Crippen LogP contribution >= 0.6 is 35.8 Å². The van der Waals surface area contributed by atoms with Crippen LogP contribution in [0.5, 0.6) is 0 Å². The SMILES string of the molecule is O=C1CCC(N2Cc3c(CN4CCN(c5c(Cl)cccc5Cl)CC4)cccc3C2S)C(=O)N1. The minimum absolute atomic E-state index is 0.150. The monoisotopic (exact) mass is 504 g/mol. The van der Waals surface area contributed by atoms with Crippen molar-refractivity contribution in [3.05, 3.63) is 63.1 Å². The number of rotatable bonds is 4. The Morgan fingerprint density at radius 3 is 2.39 bits per heavy atom. The predicted octanol–water partition coefficient (Wildman–Crippen LogP) is 3.86. The van der Waals surface area contributed by atoms with E-state index in [4.69, 9.17) is 35.8 Å². The van der Waals surface area contributed by atoms with Gasteiger partial charge < -0.3 is 4.90 Å². The second-order valence-corrected chi connectivity index (χ2v) is 10.1. The standard InChI is InChI=1S/C24H26Cl2N4O2S/c25-18-5-2-6-19(26)22(18)29-11-9-28(10-12-29)13-15-3-1-4-16-17(15)14-30(24(16)33)20-7-8-21(31)27-23(20)32/h1-6,20,24,33H,7-14H2,(H,27,31,32). The molecule has 1 N–H and O–H groups in total. The lowest BCUT2D eigenvalue weighted by Gasteiger charge is -2.37. The quantitative estimate of drug-likeness (QED) is 0.488. The molecule has 2 aromatic rings. The molecule has 2 atom stereocenters. The van der Waals surface area contributed by atoms with Crippen LogP contribution in [0.1, 0.15) is 34.9 Å². The number of nitrogens with one attached hydrogen (secondary N) is 1. The largest absolute Gasteiger partial charge is 0.367 e. The minimum Gasteiger partial charge on any atom is -0.367 e. The number of fused-ring (bicyclic) bond motifs is 1. The Morgan fingerprint density at radius 2 is 1.70 bits per heavy atom. The Labute approximate surface area is 209 Å². The number of hydrogen-bond donors (Lipinski definition) is 2. The third-order valence-corrected chi connectivity index (χ3v) is 8.06. The molecule has 0 radical (unpaired) electrons. The molecular formula is C24H26Cl2N4O2S. The molecule has 2 saturated heterocycles. The van der Waals surface area contributed by atoms with Crippen molar-refractivity contribution in [1.82, 2.24) is 15.1 Å². The van der Waals surface area contributed by atoms with Crippen LogP contribution in [0.25, 0.3) is 0 Å². The van der Waals surface area contributed by atoms with Gasteiger partial charge in [-0.05, 0) is 35.2 Å². The third kappa shape index (κ3) is 4.49. The molecule has 174 valence electrons. The summed E-state index contributed by atoms with van der Waals surface area (Å²) in [4.78, 5) is 30.8. The summed E-state index contributed by atoms with van der Waals surface area (Å²) in [6.07, 6.45) is 0.911. The molecule has 2 amide bonds. The molecule has 33 heavy (non-hydrogen) atoms. The number of para-hydroxylation sites is 1. The summed E-state index contributed by atoms with van der Waals surface area (Å²) < 4.78 is 0. The summed E-state index contributed by atoms with van der Waals surface area (Å²) in [5, 5.41) is 3.70. The Hall–Kier alpha value is -1.77. The van der Waals surface area contributed by atoms with E-state index >= 15 is 0 Å². The molecule has 2 fully saturated rings. The van der Waals surface area contributed by atoms with E-state index in [9.17, 15) is 9.59 Å². The van der Waals surface area contributed by atoms with Crippen molar-refractivity contribution in [3.8, 4) is 0 Å². The summed E-state index contributed by atoms with van der Waals surface area (Å²) in [5.74, 6) is -0.407. The highest BCUT2D eigenvalue weighted by Crippen LogP contribution is 2.41. The maximum absolute atomic E-state index is 12.4. The van der Waals surface area contributed by atoms with Crippen LogP contribution in [0.3, 0.4) is 0 Å². The van der Waals surface area contributed by atoms with Gasteiger partial charge in [-0.1, -0.05) is 47.5 Å². The van der Waals surface area contributed by atoms with E-state index in [1.807, 2.05) is 18.2 Å².